The van der Waals surface area contributed by atoms with Crippen molar-refractivity contribution in [2.45, 2.75) is 31.5 Å². The number of anilines is 1. The largest absolute Gasteiger partial charge is 0.433 e. The summed E-state index contributed by atoms with van der Waals surface area (Å²) < 4.78 is 39.7. The fraction of sp³-hybridized carbons (Fsp3) is 0.444. The zero-order chi connectivity index (χ0) is 18.5. The number of hydrogen-bond donors (Lipinski definition) is 2. The first kappa shape index (κ1) is 19.7. The number of nitrogens with one attached hydrogen (secondary N) is 1. The highest BCUT2D eigenvalue weighted by molar-refractivity contribution is 5.93. The minimum absolute atomic E-state index is 0. The van der Waals surface area contributed by atoms with E-state index < -0.39 is 11.9 Å². The Kier molecular flexibility index (Phi) is 5.22. The Morgan fingerprint density at radius 3 is 2.41 bits per heavy atom. The quantitative estimate of drug-likeness (QED) is 0.826. The van der Waals surface area contributed by atoms with Crippen LogP contribution in [-0.4, -0.2) is 21.7 Å². The molecule has 0 saturated heterocycles. The highest BCUT2D eigenvalue weighted by Crippen LogP contribution is 2.47. The smallest absolute Gasteiger partial charge is 0.327 e. The number of halogens is 4. The number of carbonyl (C=O) groups excluding carboxylic acids is 1. The predicted octanol–water partition coefficient (Wildman–Crippen LogP) is 3.62. The van der Waals surface area contributed by atoms with E-state index in [1.165, 1.54) is 12.1 Å². The van der Waals surface area contributed by atoms with E-state index in [1.54, 1.807) is 12.1 Å². The summed E-state index contributed by atoms with van der Waals surface area (Å²) in [4.78, 5) is 12.6. The van der Waals surface area contributed by atoms with Crippen LogP contribution in [0.5, 0.6) is 0 Å². The molecule has 9 heteroatoms. The van der Waals surface area contributed by atoms with Gasteiger partial charge in [-0.1, -0.05) is 0 Å². The second-order valence-electron chi connectivity index (χ2n) is 7.10. The van der Waals surface area contributed by atoms with Crippen LogP contribution < -0.4 is 11.1 Å². The normalized spacial score (nSPS) is 26.7. The van der Waals surface area contributed by atoms with Crippen molar-refractivity contribution in [3.63, 3.8) is 0 Å². The van der Waals surface area contributed by atoms with Crippen LogP contribution in [-0.2, 0) is 11.0 Å². The van der Waals surface area contributed by atoms with Crippen LogP contribution in [0, 0.1) is 17.8 Å². The topological polar surface area (TPSA) is 72.9 Å². The molecule has 4 atom stereocenters. The van der Waals surface area contributed by atoms with Gasteiger partial charge in [-0.3, -0.25) is 4.79 Å². The molecule has 3 N–H and O–H groups in total. The van der Waals surface area contributed by atoms with Crippen LogP contribution in [0.3, 0.4) is 0 Å². The maximum Gasteiger partial charge on any atom is 0.433 e. The molecule has 0 aliphatic heterocycles. The molecule has 2 saturated carbocycles. The summed E-state index contributed by atoms with van der Waals surface area (Å²) in [6.45, 7) is 0. The summed E-state index contributed by atoms with van der Waals surface area (Å²) in [7, 11) is 0. The highest BCUT2D eigenvalue weighted by Gasteiger charge is 2.49. The van der Waals surface area contributed by atoms with Crippen LogP contribution in [0.4, 0.5) is 18.9 Å². The Labute approximate surface area is 160 Å². The third-order valence-electron chi connectivity index (χ3n) is 5.60. The Bertz CT molecular complexity index is 819. The molecular weight excluding hydrogens is 381 g/mol. The van der Waals surface area contributed by atoms with Crippen molar-refractivity contribution in [3.05, 3.63) is 42.2 Å². The number of hydrogen-bond acceptors (Lipinski definition) is 3. The molecule has 1 amide bonds. The monoisotopic (exact) mass is 400 g/mol. The molecule has 146 valence electrons. The molecule has 2 fully saturated rings. The number of nitrogens with two attached hydrogens (primary N) is 1. The number of nitrogens with zero attached hydrogens (tertiary/aromatic N) is 2. The molecule has 0 spiro atoms. The van der Waals surface area contributed by atoms with Crippen molar-refractivity contribution in [2.75, 3.05) is 5.32 Å². The lowest BCUT2D eigenvalue weighted by Crippen LogP contribution is -2.42. The number of aromatic nitrogens is 2. The number of fused-ring (bicyclic) bond motifs is 2. The first-order chi connectivity index (χ1) is 12.3. The Hall–Kier alpha value is -2.06. The van der Waals surface area contributed by atoms with Crippen molar-refractivity contribution >= 4 is 24.0 Å². The molecule has 4 rings (SSSR count). The Morgan fingerprint density at radius 2 is 1.81 bits per heavy atom. The lowest BCUT2D eigenvalue weighted by Gasteiger charge is -2.27. The van der Waals surface area contributed by atoms with Crippen LogP contribution in [0.15, 0.2) is 36.5 Å². The second kappa shape index (κ2) is 7.16. The number of carbonyl (C=O) groups is 1. The molecule has 2 aliphatic carbocycles. The van der Waals surface area contributed by atoms with Gasteiger partial charge in [0, 0.05) is 11.7 Å². The second-order valence-corrected chi connectivity index (χ2v) is 7.10. The molecule has 1 heterocycles. The van der Waals surface area contributed by atoms with E-state index >= 15 is 0 Å². The molecule has 2 aromatic rings. The van der Waals surface area contributed by atoms with Crippen molar-refractivity contribution < 1.29 is 18.0 Å². The molecule has 2 aliphatic rings. The Balaban J connectivity index is 0.00000210. The molecule has 1 aromatic carbocycles. The third-order valence-corrected chi connectivity index (χ3v) is 5.60. The fourth-order valence-electron chi connectivity index (χ4n) is 4.36. The first-order valence-electron chi connectivity index (χ1n) is 8.62. The number of alkyl halides is 3. The van der Waals surface area contributed by atoms with Gasteiger partial charge in [0.1, 0.15) is 5.69 Å². The molecule has 0 radical (unpaired) electrons. The first-order valence-corrected chi connectivity index (χ1v) is 8.62. The molecular formula is C18H20ClF3N4O. The van der Waals surface area contributed by atoms with Crippen molar-refractivity contribution in [1.29, 1.82) is 0 Å². The predicted molar refractivity (Wildman–Crippen MR) is 96.7 cm³/mol. The maximum atomic E-state index is 13.0. The van der Waals surface area contributed by atoms with Crippen molar-refractivity contribution in [2.24, 2.45) is 23.5 Å². The zero-order valence-electron chi connectivity index (χ0n) is 14.3. The van der Waals surface area contributed by atoms with Gasteiger partial charge in [-0.15, -0.1) is 12.4 Å². The van der Waals surface area contributed by atoms with Gasteiger partial charge < -0.3 is 11.1 Å². The van der Waals surface area contributed by atoms with E-state index in [9.17, 15) is 18.0 Å². The van der Waals surface area contributed by atoms with Crippen molar-refractivity contribution in [3.8, 4) is 5.69 Å². The third kappa shape index (κ3) is 3.55. The average molecular weight is 401 g/mol. The summed E-state index contributed by atoms with van der Waals surface area (Å²) in [5.41, 5.74) is 6.15. The van der Waals surface area contributed by atoms with E-state index in [1.807, 2.05) is 0 Å². The summed E-state index contributed by atoms with van der Waals surface area (Å²) in [6, 6.07) is 6.97. The van der Waals surface area contributed by atoms with Gasteiger partial charge in [-0.05, 0) is 61.4 Å². The summed E-state index contributed by atoms with van der Waals surface area (Å²) in [5, 5.41) is 6.58. The van der Waals surface area contributed by atoms with Gasteiger partial charge in [-0.25, -0.2) is 4.68 Å². The minimum Gasteiger partial charge on any atom is -0.327 e. The van der Waals surface area contributed by atoms with Gasteiger partial charge >= 0.3 is 6.18 Å². The molecule has 1 aromatic heterocycles. The average Bonchev–Trinajstić information content (AvgIpc) is 3.30. The van der Waals surface area contributed by atoms with E-state index in [-0.39, 0.29) is 36.0 Å². The summed E-state index contributed by atoms with van der Waals surface area (Å²) in [5.74, 6) is 0.482. The van der Waals surface area contributed by atoms with E-state index in [0.717, 1.165) is 36.2 Å². The number of amides is 1. The van der Waals surface area contributed by atoms with Gasteiger partial charge in [0.05, 0.1) is 17.8 Å². The SMILES string of the molecule is Cl.NC1C2CCC(C2)C1C(=O)Nc1ccc(-n2nccc2C(F)(F)F)cc1. The lowest BCUT2D eigenvalue weighted by molar-refractivity contribution is -0.142. The molecule has 5 nitrogen and oxygen atoms in total. The highest BCUT2D eigenvalue weighted by atomic mass is 35.5. The molecule has 4 unspecified atom stereocenters. The molecule has 27 heavy (non-hydrogen) atoms. The Morgan fingerprint density at radius 1 is 1.15 bits per heavy atom. The standard InChI is InChI=1S/C18H19F3N4O.ClH/c19-18(20,21)14-7-8-23-25(14)13-5-3-12(4-6-13)24-17(26)15-10-1-2-11(9-10)16(15)22;/h3-8,10-11,15-16H,1-2,9,22H2,(H,24,26);1H. The fourth-order valence-corrected chi connectivity index (χ4v) is 4.36. The summed E-state index contributed by atoms with van der Waals surface area (Å²) in [6.07, 6.45) is -0.237. The van der Waals surface area contributed by atoms with Crippen LogP contribution in [0.2, 0.25) is 0 Å². The maximum absolute atomic E-state index is 13.0. The van der Waals surface area contributed by atoms with E-state index in [0.29, 0.717) is 17.5 Å². The van der Waals surface area contributed by atoms with Crippen LogP contribution in [0.1, 0.15) is 25.0 Å². The lowest BCUT2D eigenvalue weighted by atomic mass is 9.84. The number of benzene rings is 1. The van der Waals surface area contributed by atoms with Gasteiger partial charge in [0.15, 0.2) is 0 Å². The van der Waals surface area contributed by atoms with Crippen LogP contribution >= 0.6 is 12.4 Å². The zero-order valence-corrected chi connectivity index (χ0v) is 15.1. The van der Waals surface area contributed by atoms with Crippen LogP contribution in [0.25, 0.3) is 5.69 Å². The van der Waals surface area contributed by atoms with Gasteiger partial charge in [-0.2, -0.15) is 18.3 Å². The number of rotatable bonds is 3. The minimum atomic E-state index is -4.48. The van der Waals surface area contributed by atoms with E-state index in [2.05, 4.69) is 10.4 Å². The van der Waals surface area contributed by atoms with Crippen molar-refractivity contribution in [1.82, 2.24) is 9.78 Å². The van der Waals surface area contributed by atoms with E-state index in [4.69, 9.17) is 5.73 Å². The molecule has 2 bridgehead atoms. The van der Waals surface area contributed by atoms with Gasteiger partial charge in [0.2, 0.25) is 5.91 Å². The van der Waals surface area contributed by atoms with Gasteiger partial charge in [0.25, 0.3) is 0 Å². The summed E-state index contributed by atoms with van der Waals surface area (Å²) >= 11 is 0.